The first kappa shape index (κ1) is 20.0. The number of carbonyl (C=O) groups is 1. The highest BCUT2D eigenvalue weighted by Crippen LogP contribution is 2.28. The van der Waals surface area contributed by atoms with Gasteiger partial charge in [-0.3, -0.25) is 9.69 Å². The molecule has 3 rings (SSSR count). The first-order chi connectivity index (χ1) is 13.4. The van der Waals surface area contributed by atoms with Gasteiger partial charge in [0, 0.05) is 32.7 Å². The van der Waals surface area contributed by atoms with E-state index in [1.165, 1.54) is 4.90 Å². The molecule has 1 amide bonds. The molecule has 0 radical (unpaired) electrons. The van der Waals surface area contributed by atoms with Crippen molar-refractivity contribution in [1.82, 2.24) is 9.80 Å². The number of benzene rings is 2. The van der Waals surface area contributed by atoms with Crippen LogP contribution in [0.3, 0.4) is 0 Å². The van der Waals surface area contributed by atoms with Crippen LogP contribution < -0.4 is 9.47 Å². The molecule has 0 atom stereocenters. The maximum Gasteiger partial charge on any atom is 0.257 e. The molecule has 1 aliphatic rings. The molecule has 150 valence electrons. The summed E-state index contributed by atoms with van der Waals surface area (Å²) in [5.74, 6) is -3.73. The van der Waals surface area contributed by atoms with Crippen molar-refractivity contribution in [2.75, 3.05) is 40.4 Å². The molecule has 8 heteroatoms. The average molecular weight is 394 g/mol. The second kappa shape index (κ2) is 8.52. The summed E-state index contributed by atoms with van der Waals surface area (Å²) in [6.45, 7) is 2.54. The van der Waals surface area contributed by atoms with Gasteiger partial charge in [-0.05, 0) is 29.8 Å². The van der Waals surface area contributed by atoms with Gasteiger partial charge in [0.25, 0.3) is 5.91 Å². The standard InChI is InChI=1S/C20H21F3N2O3/c1-27-16-6-3-13(11-17(16)28-2)12-24-7-9-25(10-8-24)20(26)14-4-5-15(21)19(23)18(14)22/h3-6,11H,7-10,12H2,1-2H3. The molecule has 0 spiro atoms. The molecule has 1 saturated heterocycles. The number of ether oxygens (including phenoxy) is 2. The van der Waals surface area contributed by atoms with Crippen LogP contribution in [0.25, 0.3) is 0 Å². The van der Waals surface area contributed by atoms with Gasteiger partial charge in [0.2, 0.25) is 0 Å². The Morgan fingerprint density at radius 3 is 2.25 bits per heavy atom. The van der Waals surface area contributed by atoms with E-state index in [1.807, 2.05) is 18.2 Å². The van der Waals surface area contributed by atoms with Crippen LogP contribution in [0.1, 0.15) is 15.9 Å². The molecule has 0 unspecified atom stereocenters. The first-order valence-electron chi connectivity index (χ1n) is 8.80. The topological polar surface area (TPSA) is 42.0 Å². The highest BCUT2D eigenvalue weighted by Gasteiger charge is 2.26. The monoisotopic (exact) mass is 394 g/mol. The van der Waals surface area contributed by atoms with Crippen molar-refractivity contribution in [1.29, 1.82) is 0 Å². The number of amides is 1. The zero-order chi connectivity index (χ0) is 20.3. The van der Waals surface area contributed by atoms with Crippen molar-refractivity contribution < 1.29 is 27.4 Å². The Kier molecular flexibility index (Phi) is 6.08. The third kappa shape index (κ3) is 4.06. The van der Waals surface area contributed by atoms with Crippen LogP contribution >= 0.6 is 0 Å². The second-order valence-electron chi connectivity index (χ2n) is 6.48. The average Bonchev–Trinajstić information content (AvgIpc) is 2.72. The van der Waals surface area contributed by atoms with E-state index in [9.17, 15) is 18.0 Å². The zero-order valence-electron chi connectivity index (χ0n) is 15.7. The summed E-state index contributed by atoms with van der Waals surface area (Å²) >= 11 is 0. The molecule has 5 nitrogen and oxygen atoms in total. The van der Waals surface area contributed by atoms with E-state index in [1.54, 1.807) is 14.2 Å². The summed E-state index contributed by atoms with van der Waals surface area (Å²) in [5.41, 5.74) is 0.580. The fourth-order valence-corrected chi connectivity index (χ4v) is 3.21. The van der Waals surface area contributed by atoms with Gasteiger partial charge in [0.05, 0.1) is 19.8 Å². The van der Waals surface area contributed by atoms with Crippen LogP contribution in [0.5, 0.6) is 11.5 Å². The molecule has 1 heterocycles. The fraction of sp³-hybridized carbons (Fsp3) is 0.350. The predicted octanol–water partition coefficient (Wildman–Crippen LogP) is 3.08. The summed E-state index contributed by atoms with van der Waals surface area (Å²) in [7, 11) is 3.15. The van der Waals surface area contributed by atoms with E-state index < -0.39 is 28.9 Å². The van der Waals surface area contributed by atoms with Gasteiger partial charge in [-0.15, -0.1) is 0 Å². The largest absolute Gasteiger partial charge is 0.493 e. The van der Waals surface area contributed by atoms with Gasteiger partial charge >= 0.3 is 0 Å². The van der Waals surface area contributed by atoms with Crippen molar-refractivity contribution in [3.05, 3.63) is 58.9 Å². The smallest absolute Gasteiger partial charge is 0.257 e. The number of halogens is 3. The number of methoxy groups -OCH3 is 2. The molecule has 1 aliphatic heterocycles. The fourth-order valence-electron chi connectivity index (χ4n) is 3.21. The third-order valence-electron chi connectivity index (χ3n) is 4.78. The van der Waals surface area contributed by atoms with Crippen LogP contribution in [0.15, 0.2) is 30.3 Å². The van der Waals surface area contributed by atoms with Crippen molar-refractivity contribution in [3.63, 3.8) is 0 Å². The minimum Gasteiger partial charge on any atom is -0.493 e. The Labute approximate surface area is 161 Å². The molecular weight excluding hydrogens is 373 g/mol. The minimum atomic E-state index is -1.63. The highest BCUT2D eigenvalue weighted by molar-refractivity contribution is 5.94. The number of carbonyl (C=O) groups excluding carboxylic acids is 1. The van der Waals surface area contributed by atoms with Gasteiger partial charge in [-0.25, -0.2) is 13.2 Å². The Hall–Kier alpha value is -2.74. The summed E-state index contributed by atoms with van der Waals surface area (Å²) < 4.78 is 50.9. The normalized spacial score (nSPS) is 14.8. The van der Waals surface area contributed by atoms with Crippen LogP contribution in [-0.2, 0) is 6.54 Å². The third-order valence-corrected chi connectivity index (χ3v) is 4.78. The molecule has 2 aromatic rings. The summed E-state index contributed by atoms with van der Waals surface area (Å²) in [4.78, 5) is 16.0. The Balaban J connectivity index is 1.62. The van der Waals surface area contributed by atoms with E-state index in [0.717, 1.165) is 17.7 Å². The van der Waals surface area contributed by atoms with E-state index in [2.05, 4.69) is 4.90 Å². The van der Waals surface area contributed by atoms with Crippen LogP contribution in [-0.4, -0.2) is 56.1 Å². The Morgan fingerprint density at radius 2 is 1.61 bits per heavy atom. The molecule has 2 aromatic carbocycles. The summed E-state index contributed by atoms with van der Waals surface area (Å²) in [6.07, 6.45) is 0. The van der Waals surface area contributed by atoms with Gasteiger partial charge in [0.15, 0.2) is 29.0 Å². The lowest BCUT2D eigenvalue weighted by molar-refractivity contribution is 0.0622. The van der Waals surface area contributed by atoms with E-state index in [0.29, 0.717) is 44.2 Å². The lowest BCUT2D eigenvalue weighted by Crippen LogP contribution is -2.48. The number of hydrogen-bond acceptors (Lipinski definition) is 4. The SMILES string of the molecule is COc1ccc(CN2CCN(C(=O)c3ccc(F)c(F)c3F)CC2)cc1OC. The lowest BCUT2D eigenvalue weighted by Gasteiger charge is -2.35. The van der Waals surface area contributed by atoms with Gasteiger partial charge < -0.3 is 14.4 Å². The summed E-state index contributed by atoms with van der Waals surface area (Å²) in [6, 6.07) is 7.41. The molecule has 0 saturated carbocycles. The molecule has 0 bridgehead atoms. The Bertz CT molecular complexity index is 868. The van der Waals surface area contributed by atoms with E-state index in [4.69, 9.17) is 9.47 Å². The van der Waals surface area contributed by atoms with Crippen LogP contribution in [0.2, 0.25) is 0 Å². The first-order valence-corrected chi connectivity index (χ1v) is 8.80. The van der Waals surface area contributed by atoms with Gasteiger partial charge in [-0.1, -0.05) is 6.07 Å². The van der Waals surface area contributed by atoms with Crippen molar-refractivity contribution in [2.45, 2.75) is 6.54 Å². The molecule has 0 aromatic heterocycles. The maximum absolute atomic E-state index is 13.9. The van der Waals surface area contributed by atoms with E-state index >= 15 is 0 Å². The quantitative estimate of drug-likeness (QED) is 0.731. The molecule has 0 N–H and O–H groups in total. The number of nitrogens with zero attached hydrogens (tertiary/aromatic N) is 2. The van der Waals surface area contributed by atoms with Crippen molar-refractivity contribution in [2.24, 2.45) is 0 Å². The van der Waals surface area contributed by atoms with Crippen LogP contribution in [0, 0.1) is 17.5 Å². The molecule has 28 heavy (non-hydrogen) atoms. The van der Waals surface area contributed by atoms with E-state index in [-0.39, 0.29) is 0 Å². The molecule has 1 fully saturated rings. The highest BCUT2D eigenvalue weighted by atomic mass is 19.2. The second-order valence-corrected chi connectivity index (χ2v) is 6.48. The molecular formula is C20H21F3N2O3. The number of rotatable bonds is 5. The maximum atomic E-state index is 13.9. The lowest BCUT2D eigenvalue weighted by atomic mass is 10.1. The summed E-state index contributed by atoms with van der Waals surface area (Å²) in [5, 5.41) is 0. The van der Waals surface area contributed by atoms with Gasteiger partial charge in [-0.2, -0.15) is 0 Å². The van der Waals surface area contributed by atoms with Crippen molar-refractivity contribution >= 4 is 5.91 Å². The van der Waals surface area contributed by atoms with Crippen molar-refractivity contribution in [3.8, 4) is 11.5 Å². The minimum absolute atomic E-state index is 0.366. The van der Waals surface area contributed by atoms with Gasteiger partial charge in [0.1, 0.15) is 0 Å². The number of piperazine rings is 1. The molecule has 0 aliphatic carbocycles. The van der Waals surface area contributed by atoms with Crippen LogP contribution in [0.4, 0.5) is 13.2 Å². The predicted molar refractivity (Wildman–Crippen MR) is 97.0 cm³/mol. The number of hydrogen-bond donors (Lipinski definition) is 0. The zero-order valence-corrected chi connectivity index (χ0v) is 15.7. The Morgan fingerprint density at radius 1 is 0.929 bits per heavy atom.